The standard InChI is InChI=1S/C22H19F3N2O2S/c23-22(24,25)17-8-2-4-10-19(17)30-20-12-16(15-7-1-3-9-18(15)27-20)21(28)26-13-14-6-5-11-29-14/h1-4,7-10,12,14H,5-6,11,13H2,(H,26,28)/t14-/m0/s1. The van der Waals surface area contributed by atoms with E-state index in [1.807, 2.05) is 0 Å². The van der Waals surface area contributed by atoms with Crippen LogP contribution in [0.2, 0.25) is 0 Å². The third kappa shape index (κ3) is 4.60. The van der Waals surface area contributed by atoms with Crippen LogP contribution < -0.4 is 5.32 Å². The largest absolute Gasteiger partial charge is 0.417 e. The molecule has 2 aromatic carbocycles. The molecule has 4 nitrogen and oxygen atoms in total. The first-order valence-electron chi connectivity index (χ1n) is 9.55. The van der Waals surface area contributed by atoms with Crippen LogP contribution in [-0.2, 0) is 10.9 Å². The number of alkyl halides is 3. The molecule has 1 N–H and O–H groups in total. The van der Waals surface area contributed by atoms with Crippen molar-refractivity contribution in [3.63, 3.8) is 0 Å². The number of para-hydroxylation sites is 1. The smallest absolute Gasteiger partial charge is 0.376 e. The minimum atomic E-state index is -4.47. The summed E-state index contributed by atoms with van der Waals surface area (Å²) in [4.78, 5) is 17.4. The lowest BCUT2D eigenvalue weighted by molar-refractivity contribution is -0.139. The Kier molecular flexibility index (Phi) is 5.97. The zero-order valence-electron chi connectivity index (χ0n) is 15.9. The van der Waals surface area contributed by atoms with E-state index in [0.29, 0.717) is 34.6 Å². The SMILES string of the molecule is O=C(NC[C@@H]1CCCO1)c1cc(Sc2ccccc2C(F)(F)F)nc2ccccc12. The Morgan fingerprint density at radius 2 is 1.93 bits per heavy atom. The van der Waals surface area contributed by atoms with Gasteiger partial charge in [-0.3, -0.25) is 4.79 Å². The van der Waals surface area contributed by atoms with Gasteiger partial charge in [0, 0.05) is 23.4 Å². The second-order valence-electron chi connectivity index (χ2n) is 6.97. The first-order chi connectivity index (χ1) is 14.4. The minimum Gasteiger partial charge on any atom is -0.376 e. The van der Waals surface area contributed by atoms with Gasteiger partial charge in [-0.15, -0.1) is 0 Å². The number of nitrogens with one attached hydrogen (secondary N) is 1. The normalized spacial score (nSPS) is 16.7. The summed E-state index contributed by atoms with van der Waals surface area (Å²) in [6.45, 7) is 1.09. The van der Waals surface area contributed by atoms with Crippen LogP contribution >= 0.6 is 11.8 Å². The summed E-state index contributed by atoms with van der Waals surface area (Å²) in [5, 5.41) is 3.85. The summed E-state index contributed by atoms with van der Waals surface area (Å²) in [7, 11) is 0. The molecule has 3 aromatic rings. The van der Waals surface area contributed by atoms with E-state index in [2.05, 4.69) is 10.3 Å². The molecule has 30 heavy (non-hydrogen) atoms. The molecule has 1 amide bonds. The highest BCUT2D eigenvalue weighted by Gasteiger charge is 2.33. The minimum absolute atomic E-state index is 0.00504. The third-order valence-electron chi connectivity index (χ3n) is 4.86. The van der Waals surface area contributed by atoms with Gasteiger partial charge in [-0.2, -0.15) is 13.2 Å². The number of benzene rings is 2. The van der Waals surface area contributed by atoms with Crippen LogP contribution in [0.4, 0.5) is 13.2 Å². The van der Waals surface area contributed by atoms with E-state index in [4.69, 9.17) is 4.74 Å². The Morgan fingerprint density at radius 1 is 1.17 bits per heavy atom. The zero-order chi connectivity index (χ0) is 21.1. The summed E-state index contributed by atoms with van der Waals surface area (Å²) in [6, 6.07) is 14.0. The number of aromatic nitrogens is 1. The second-order valence-corrected chi connectivity index (χ2v) is 8.03. The fourth-order valence-electron chi connectivity index (χ4n) is 3.40. The lowest BCUT2D eigenvalue weighted by Crippen LogP contribution is -2.31. The van der Waals surface area contributed by atoms with Crippen molar-refractivity contribution in [3.8, 4) is 0 Å². The summed E-state index contributed by atoms with van der Waals surface area (Å²) in [5.74, 6) is -0.296. The van der Waals surface area contributed by atoms with E-state index in [0.717, 1.165) is 30.7 Å². The average Bonchev–Trinajstić information content (AvgIpc) is 3.25. The molecule has 0 radical (unpaired) electrons. The Morgan fingerprint density at radius 3 is 2.70 bits per heavy atom. The molecule has 4 rings (SSSR count). The summed E-state index contributed by atoms with van der Waals surface area (Å²) in [5.41, 5.74) is 0.203. The average molecular weight is 432 g/mol. The van der Waals surface area contributed by atoms with E-state index < -0.39 is 11.7 Å². The number of ether oxygens (including phenoxy) is 1. The molecular weight excluding hydrogens is 413 g/mol. The van der Waals surface area contributed by atoms with Crippen molar-refractivity contribution in [3.05, 3.63) is 65.7 Å². The lowest BCUT2D eigenvalue weighted by atomic mass is 10.1. The van der Waals surface area contributed by atoms with Gasteiger partial charge in [0.05, 0.1) is 22.7 Å². The van der Waals surface area contributed by atoms with Gasteiger partial charge in [0.2, 0.25) is 0 Å². The molecule has 1 aliphatic heterocycles. The van der Waals surface area contributed by atoms with Crippen LogP contribution in [0.5, 0.6) is 0 Å². The third-order valence-corrected chi connectivity index (χ3v) is 5.85. The predicted molar refractivity (Wildman–Crippen MR) is 109 cm³/mol. The Bertz CT molecular complexity index is 1070. The van der Waals surface area contributed by atoms with Crippen LogP contribution in [0.3, 0.4) is 0 Å². The molecule has 1 fully saturated rings. The Labute approximate surface area is 175 Å². The summed E-state index contributed by atoms with van der Waals surface area (Å²) < 4.78 is 45.6. The first-order valence-corrected chi connectivity index (χ1v) is 10.4. The molecular formula is C22H19F3N2O2S. The van der Waals surface area contributed by atoms with Crippen LogP contribution in [0, 0.1) is 0 Å². The predicted octanol–water partition coefficient (Wildman–Crippen LogP) is 5.31. The molecule has 0 aliphatic carbocycles. The van der Waals surface area contributed by atoms with Gasteiger partial charge in [0.25, 0.3) is 5.91 Å². The van der Waals surface area contributed by atoms with Gasteiger partial charge < -0.3 is 10.1 Å². The van der Waals surface area contributed by atoms with Crippen molar-refractivity contribution in [2.45, 2.75) is 35.0 Å². The van der Waals surface area contributed by atoms with Gasteiger partial charge in [-0.25, -0.2) is 4.98 Å². The van der Waals surface area contributed by atoms with E-state index in [1.54, 1.807) is 36.4 Å². The number of pyridine rings is 1. The molecule has 1 atom stereocenters. The zero-order valence-corrected chi connectivity index (χ0v) is 16.7. The van der Waals surface area contributed by atoms with E-state index >= 15 is 0 Å². The highest BCUT2D eigenvalue weighted by molar-refractivity contribution is 7.99. The molecule has 1 aliphatic rings. The van der Waals surface area contributed by atoms with Crippen LogP contribution in [0.25, 0.3) is 10.9 Å². The maximum absolute atomic E-state index is 13.4. The number of carbonyl (C=O) groups excluding carboxylic acids is 1. The van der Waals surface area contributed by atoms with Crippen molar-refractivity contribution in [2.75, 3.05) is 13.2 Å². The first kappa shape index (κ1) is 20.7. The van der Waals surface area contributed by atoms with Crippen molar-refractivity contribution >= 4 is 28.6 Å². The highest BCUT2D eigenvalue weighted by atomic mass is 32.2. The molecule has 0 unspecified atom stereocenters. The number of rotatable bonds is 5. The van der Waals surface area contributed by atoms with Crippen LogP contribution in [-0.4, -0.2) is 30.1 Å². The Balaban J connectivity index is 1.66. The van der Waals surface area contributed by atoms with Gasteiger partial charge >= 0.3 is 6.18 Å². The van der Waals surface area contributed by atoms with E-state index in [-0.39, 0.29) is 16.9 Å². The molecule has 2 heterocycles. The fraction of sp³-hybridized carbons (Fsp3) is 0.273. The van der Waals surface area contributed by atoms with Gasteiger partial charge in [0.1, 0.15) is 5.03 Å². The van der Waals surface area contributed by atoms with Crippen molar-refractivity contribution in [2.24, 2.45) is 0 Å². The van der Waals surface area contributed by atoms with Crippen LogP contribution in [0.1, 0.15) is 28.8 Å². The Hall–Kier alpha value is -2.58. The molecule has 156 valence electrons. The number of hydrogen-bond donors (Lipinski definition) is 1. The quantitative estimate of drug-likeness (QED) is 0.593. The molecule has 8 heteroatoms. The van der Waals surface area contributed by atoms with Gasteiger partial charge in [-0.1, -0.05) is 42.1 Å². The van der Waals surface area contributed by atoms with Crippen molar-refractivity contribution in [1.82, 2.24) is 10.3 Å². The number of amides is 1. The number of fused-ring (bicyclic) bond motifs is 1. The number of halogens is 3. The molecule has 0 saturated carbocycles. The molecule has 0 bridgehead atoms. The summed E-state index contributed by atoms with van der Waals surface area (Å²) in [6.07, 6.45) is -2.61. The van der Waals surface area contributed by atoms with Crippen molar-refractivity contribution in [1.29, 1.82) is 0 Å². The topological polar surface area (TPSA) is 51.2 Å². The van der Waals surface area contributed by atoms with Crippen LogP contribution in [0.15, 0.2) is 64.5 Å². The van der Waals surface area contributed by atoms with Gasteiger partial charge in [-0.05, 0) is 37.1 Å². The number of hydrogen-bond acceptors (Lipinski definition) is 4. The monoisotopic (exact) mass is 432 g/mol. The maximum Gasteiger partial charge on any atom is 0.417 e. The summed E-state index contributed by atoms with van der Waals surface area (Å²) >= 11 is 0.895. The highest BCUT2D eigenvalue weighted by Crippen LogP contribution is 2.39. The lowest BCUT2D eigenvalue weighted by Gasteiger charge is -2.14. The number of carbonyl (C=O) groups is 1. The van der Waals surface area contributed by atoms with Crippen molar-refractivity contribution < 1.29 is 22.7 Å². The van der Waals surface area contributed by atoms with Gasteiger partial charge in [0.15, 0.2) is 0 Å². The maximum atomic E-state index is 13.4. The molecule has 1 aromatic heterocycles. The fourth-order valence-corrected chi connectivity index (χ4v) is 4.39. The second kappa shape index (κ2) is 8.65. The van der Waals surface area contributed by atoms with E-state index in [1.165, 1.54) is 12.1 Å². The molecule has 0 spiro atoms. The van der Waals surface area contributed by atoms with E-state index in [9.17, 15) is 18.0 Å². The molecule has 1 saturated heterocycles. The number of nitrogens with zero attached hydrogens (tertiary/aromatic N) is 1.